The molecule has 1 fully saturated rings. The maximum atomic E-state index is 5.79. The largest absolute Gasteiger partial charge is 0.383 e. The van der Waals surface area contributed by atoms with Gasteiger partial charge in [0.1, 0.15) is 0 Å². The van der Waals surface area contributed by atoms with Crippen LogP contribution in [0.25, 0.3) is 0 Å². The molecule has 0 spiro atoms. The Morgan fingerprint density at radius 2 is 2.14 bits per heavy atom. The highest BCUT2D eigenvalue weighted by atomic mass is 16.5. The van der Waals surface area contributed by atoms with Crippen LogP contribution in [0.3, 0.4) is 0 Å². The van der Waals surface area contributed by atoms with E-state index < -0.39 is 0 Å². The predicted octanol–water partition coefficient (Wildman–Crippen LogP) is 1.56. The maximum Gasteiger partial charge on any atom is 0.0643 e. The third-order valence-electron chi connectivity index (χ3n) is 2.82. The summed E-state index contributed by atoms with van der Waals surface area (Å²) in [6.07, 6.45) is 5.47. The lowest BCUT2D eigenvalue weighted by atomic mass is 9.89. The van der Waals surface area contributed by atoms with Gasteiger partial charge in [0.2, 0.25) is 0 Å². The molecule has 0 aliphatic heterocycles. The van der Waals surface area contributed by atoms with Crippen molar-refractivity contribution in [3.63, 3.8) is 0 Å². The van der Waals surface area contributed by atoms with Crippen molar-refractivity contribution in [1.82, 2.24) is 0 Å². The molecule has 3 nitrogen and oxygen atoms in total. The van der Waals surface area contributed by atoms with Gasteiger partial charge in [-0.3, -0.25) is 0 Å². The summed E-state index contributed by atoms with van der Waals surface area (Å²) in [7, 11) is 1.67. The van der Waals surface area contributed by atoms with E-state index in [1.54, 1.807) is 7.11 Å². The van der Waals surface area contributed by atoms with Crippen LogP contribution >= 0.6 is 0 Å². The second-order valence-corrected chi connectivity index (χ2v) is 4.44. The van der Waals surface area contributed by atoms with Gasteiger partial charge >= 0.3 is 0 Å². The van der Waals surface area contributed by atoms with Crippen molar-refractivity contribution in [2.45, 2.75) is 44.8 Å². The van der Waals surface area contributed by atoms with Crippen LogP contribution in [0.5, 0.6) is 0 Å². The molecule has 0 aromatic rings. The van der Waals surface area contributed by atoms with E-state index in [4.69, 9.17) is 15.2 Å². The van der Waals surface area contributed by atoms with Crippen molar-refractivity contribution in [1.29, 1.82) is 0 Å². The molecule has 3 unspecified atom stereocenters. The standard InChI is InChI=1S/C11H23NO2/c1-9-4-3-5-11(6-9)14-8-10(12)7-13-2/h9-11H,3-8,12H2,1-2H3. The van der Waals surface area contributed by atoms with Crippen LogP contribution in [-0.2, 0) is 9.47 Å². The number of hydrogen-bond acceptors (Lipinski definition) is 3. The third kappa shape index (κ3) is 4.40. The number of rotatable bonds is 5. The molecule has 2 N–H and O–H groups in total. The molecule has 0 saturated heterocycles. The Hall–Kier alpha value is -0.120. The van der Waals surface area contributed by atoms with E-state index in [0.29, 0.717) is 19.3 Å². The highest BCUT2D eigenvalue weighted by Gasteiger charge is 2.19. The Labute approximate surface area is 86.9 Å². The predicted molar refractivity (Wildman–Crippen MR) is 57.2 cm³/mol. The van der Waals surface area contributed by atoms with E-state index in [1.165, 1.54) is 25.7 Å². The molecule has 0 heterocycles. The highest BCUT2D eigenvalue weighted by molar-refractivity contribution is 4.71. The summed E-state index contributed by atoms with van der Waals surface area (Å²) in [5, 5.41) is 0. The monoisotopic (exact) mass is 201 g/mol. The molecule has 1 aliphatic carbocycles. The first-order chi connectivity index (χ1) is 6.72. The number of hydrogen-bond donors (Lipinski definition) is 1. The lowest BCUT2D eigenvalue weighted by Crippen LogP contribution is -2.34. The van der Waals surface area contributed by atoms with Gasteiger partial charge in [-0.15, -0.1) is 0 Å². The van der Waals surface area contributed by atoms with Crippen molar-refractivity contribution in [3.8, 4) is 0 Å². The van der Waals surface area contributed by atoms with Gasteiger partial charge in [0.15, 0.2) is 0 Å². The van der Waals surface area contributed by atoms with Crippen LogP contribution in [0.15, 0.2) is 0 Å². The van der Waals surface area contributed by atoms with Crippen LogP contribution in [-0.4, -0.2) is 32.5 Å². The van der Waals surface area contributed by atoms with Crippen molar-refractivity contribution < 1.29 is 9.47 Å². The molecule has 0 bridgehead atoms. The summed E-state index contributed by atoms with van der Waals surface area (Å²) in [6.45, 7) is 3.51. The van der Waals surface area contributed by atoms with Gasteiger partial charge in [-0.05, 0) is 18.8 Å². The first-order valence-corrected chi connectivity index (χ1v) is 5.58. The Bertz CT molecular complexity index is 152. The fourth-order valence-electron chi connectivity index (χ4n) is 2.05. The summed E-state index contributed by atoms with van der Waals surface area (Å²) in [5.41, 5.74) is 5.79. The van der Waals surface area contributed by atoms with E-state index in [0.717, 1.165) is 5.92 Å². The van der Waals surface area contributed by atoms with E-state index in [2.05, 4.69) is 6.92 Å². The molecule has 0 radical (unpaired) electrons. The van der Waals surface area contributed by atoms with Gasteiger partial charge in [0, 0.05) is 7.11 Å². The van der Waals surface area contributed by atoms with Crippen molar-refractivity contribution in [2.24, 2.45) is 11.7 Å². The van der Waals surface area contributed by atoms with Gasteiger partial charge in [-0.2, -0.15) is 0 Å². The van der Waals surface area contributed by atoms with Crippen molar-refractivity contribution in [3.05, 3.63) is 0 Å². The topological polar surface area (TPSA) is 44.5 Å². The first-order valence-electron chi connectivity index (χ1n) is 5.58. The van der Waals surface area contributed by atoms with E-state index in [9.17, 15) is 0 Å². The fourth-order valence-corrected chi connectivity index (χ4v) is 2.05. The summed E-state index contributed by atoms with van der Waals surface area (Å²) in [4.78, 5) is 0. The van der Waals surface area contributed by atoms with Crippen molar-refractivity contribution in [2.75, 3.05) is 20.3 Å². The minimum atomic E-state index is 0.0252. The van der Waals surface area contributed by atoms with Gasteiger partial charge in [-0.25, -0.2) is 0 Å². The zero-order chi connectivity index (χ0) is 10.4. The molecule has 0 aromatic heterocycles. The van der Waals surface area contributed by atoms with Crippen molar-refractivity contribution >= 4 is 0 Å². The van der Waals surface area contributed by atoms with Gasteiger partial charge in [-0.1, -0.05) is 19.8 Å². The summed E-state index contributed by atoms with van der Waals surface area (Å²) in [6, 6.07) is 0.0252. The lowest BCUT2D eigenvalue weighted by Gasteiger charge is -2.27. The van der Waals surface area contributed by atoms with E-state index in [1.807, 2.05) is 0 Å². The van der Waals surface area contributed by atoms with Gasteiger partial charge < -0.3 is 15.2 Å². The first kappa shape index (κ1) is 12.0. The average molecular weight is 201 g/mol. The van der Waals surface area contributed by atoms with Crippen LogP contribution in [0.4, 0.5) is 0 Å². The fraction of sp³-hybridized carbons (Fsp3) is 1.00. The molecule has 3 heteroatoms. The smallest absolute Gasteiger partial charge is 0.0643 e. The molecule has 1 aliphatic rings. The third-order valence-corrected chi connectivity index (χ3v) is 2.82. The molecule has 3 atom stereocenters. The van der Waals surface area contributed by atoms with Crippen LogP contribution in [0.2, 0.25) is 0 Å². The van der Waals surface area contributed by atoms with Crippen LogP contribution < -0.4 is 5.73 Å². The Balaban J connectivity index is 2.10. The molecule has 1 rings (SSSR count). The zero-order valence-corrected chi connectivity index (χ0v) is 9.37. The lowest BCUT2D eigenvalue weighted by molar-refractivity contribution is -0.000774. The quantitative estimate of drug-likeness (QED) is 0.734. The minimum absolute atomic E-state index is 0.0252. The molecule has 14 heavy (non-hydrogen) atoms. The Kier molecular flexibility index (Phi) is 5.45. The zero-order valence-electron chi connectivity index (χ0n) is 9.37. The summed E-state index contributed by atoms with van der Waals surface area (Å²) < 4.78 is 10.7. The second kappa shape index (κ2) is 6.38. The number of ether oxygens (including phenoxy) is 2. The molecular weight excluding hydrogens is 178 g/mol. The van der Waals surface area contributed by atoms with Gasteiger partial charge in [0.25, 0.3) is 0 Å². The second-order valence-electron chi connectivity index (χ2n) is 4.44. The van der Waals surface area contributed by atoms with Gasteiger partial charge in [0.05, 0.1) is 25.4 Å². The van der Waals surface area contributed by atoms with E-state index >= 15 is 0 Å². The minimum Gasteiger partial charge on any atom is -0.383 e. The molecule has 1 saturated carbocycles. The molecular formula is C11H23NO2. The highest BCUT2D eigenvalue weighted by Crippen LogP contribution is 2.25. The number of nitrogens with two attached hydrogens (primary N) is 1. The normalized spacial score (nSPS) is 30.2. The molecule has 0 amide bonds. The molecule has 84 valence electrons. The Morgan fingerprint density at radius 1 is 1.36 bits per heavy atom. The summed E-state index contributed by atoms with van der Waals surface area (Å²) in [5.74, 6) is 0.812. The van der Waals surface area contributed by atoms with Crippen LogP contribution in [0.1, 0.15) is 32.6 Å². The Morgan fingerprint density at radius 3 is 2.79 bits per heavy atom. The molecule has 0 aromatic carbocycles. The summed E-state index contributed by atoms with van der Waals surface area (Å²) >= 11 is 0. The maximum absolute atomic E-state index is 5.79. The van der Waals surface area contributed by atoms with Crippen LogP contribution in [0, 0.1) is 5.92 Å². The number of methoxy groups -OCH3 is 1. The SMILES string of the molecule is COCC(N)COC1CCCC(C)C1. The van der Waals surface area contributed by atoms with E-state index in [-0.39, 0.29) is 6.04 Å². The average Bonchev–Trinajstić information content (AvgIpc) is 2.15.